The van der Waals surface area contributed by atoms with Crippen molar-refractivity contribution in [1.82, 2.24) is 4.90 Å². The molecule has 0 unspecified atom stereocenters. The molecule has 48 heavy (non-hydrogen) atoms. The van der Waals surface area contributed by atoms with Crippen molar-refractivity contribution in [2.75, 3.05) is 25.7 Å². The maximum absolute atomic E-state index is 13.7. The number of fused-ring (bicyclic) bond motifs is 1. The number of carbonyl (C=O) groups is 2. The summed E-state index contributed by atoms with van der Waals surface area (Å²) in [5, 5.41) is 10.3. The van der Waals surface area contributed by atoms with E-state index in [0.29, 0.717) is 12.1 Å². The molecule has 8 nitrogen and oxygen atoms in total. The summed E-state index contributed by atoms with van der Waals surface area (Å²) in [6.45, 7) is 0.264. The Morgan fingerprint density at radius 2 is 1.33 bits per heavy atom. The molecule has 2 amide bonds. The van der Waals surface area contributed by atoms with Gasteiger partial charge in [0.05, 0.1) is 55.3 Å². The van der Waals surface area contributed by atoms with Crippen LogP contribution in [-0.4, -0.2) is 43.0 Å². The third-order valence-electron chi connectivity index (χ3n) is 7.62. The van der Waals surface area contributed by atoms with E-state index in [-0.39, 0.29) is 41.0 Å². The molecule has 3 aromatic rings. The Bertz CT molecular complexity index is 1620. The van der Waals surface area contributed by atoms with Gasteiger partial charge in [0.2, 0.25) is 0 Å². The van der Waals surface area contributed by atoms with Crippen LogP contribution in [0.5, 0.6) is 11.5 Å². The number of carboxylic acid groups (broad SMARTS) is 1. The van der Waals surface area contributed by atoms with Crippen LogP contribution in [0.25, 0.3) is 0 Å². The molecule has 0 aromatic heterocycles. The van der Waals surface area contributed by atoms with Crippen LogP contribution in [0, 0.1) is 0 Å². The fourth-order valence-electron chi connectivity index (χ4n) is 5.50. The van der Waals surface area contributed by atoms with Gasteiger partial charge in [0.25, 0.3) is 0 Å². The molecule has 0 saturated heterocycles. The minimum Gasteiger partial charge on any atom is -0.493 e. The van der Waals surface area contributed by atoms with Crippen LogP contribution in [0.4, 0.5) is 54.8 Å². The molecule has 0 aliphatic carbocycles. The van der Waals surface area contributed by atoms with Crippen molar-refractivity contribution in [2.24, 2.45) is 0 Å². The van der Waals surface area contributed by atoms with Gasteiger partial charge in [-0.3, -0.25) is 9.80 Å². The van der Waals surface area contributed by atoms with Crippen LogP contribution in [0.1, 0.15) is 58.8 Å². The monoisotopic (exact) mass is 694 g/mol. The van der Waals surface area contributed by atoms with E-state index in [1.807, 2.05) is 0 Å². The van der Waals surface area contributed by atoms with Gasteiger partial charge in [-0.1, -0.05) is 12.1 Å². The second-order valence-electron chi connectivity index (χ2n) is 10.5. The maximum Gasteiger partial charge on any atom is 0.416 e. The second kappa shape index (κ2) is 13.4. The molecule has 0 bridgehead atoms. The number of methoxy groups -OCH3 is 2. The molecule has 0 radical (unpaired) electrons. The quantitative estimate of drug-likeness (QED) is 0.248. The van der Waals surface area contributed by atoms with Gasteiger partial charge in [0, 0.05) is 18.2 Å². The standard InChI is InChI=1S/C31H27F9N2O6/c1-4-48-28(45)41(15-16-9-19(30(35,36)37)11-20(10-16)31(38,39)40)23-13-22(17-5-7-18(8-6-17)29(32,33)34)42(27(43)44)24-14-26(47-3)25(46-2)12-21(23)24/h5-12,14,22-23H,4,13,15H2,1-3H3,(H,43,44)/t22-,23-/m1/s1. The largest absolute Gasteiger partial charge is 0.493 e. The van der Waals surface area contributed by atoms with Crippen molar-refractivity contribution in [1.29, 1.82) is 0 Å². The third-order valence-corrected chi connectivity index (χ3v) is 7.62. The van der Waals surface area contributed by atoms with Crippen molar-refractivity contribution in [3.8, 4) is 11.5 Å². The van der Waals surface area contributed by atoms with Crippen molar-refractivity contribution in [2.45, 2.75) is 50.5 Å². The molecule has 1 heterocycles. The van der Waals surface area contributed by atoms with Gasteiger partial charge >= 0.3 is 30.7 Å². The minimum absolute atomic E-state index is 0.00435. The molecule has 1 aliphatic rings. The Labute approximate surface area is 267 Å². The fourth-order valence-corrected chi connectivity index (χ4v) is 5.50. The van der Waals surface area contributed by atoms with E-state index >= 15 is 0 Å². The Balaban J connectivity index is 1.96. The first-order valence-electron chi connectivity index (χ1n) is 14.0. The van der Waals surface area contributed by atoms with Crippen molar-refractivity contribution >= 4 is 17.9 Å². The predicted molar refractivity (Wildman–Crippen MR) is 151 cm³/mol. The number of hydrogen-bond donors (Lipinski definition) is 1. The first-order chi connectivity index (χ1) is 22.3. The molecule has 0 fully saturated rings. The highest BCUT2D eigenvalue weighted by Gasteiger charge is 2.43. The topological polar surface area (TPSA) is 88.5 Å². The van der Waals surface area contributed by atoms with Crippen molar-refractivity contribution in [3.63, 3.8) is 0 Å². The van der Waals surface area contributed by atoms with Crippen LogP contribution in [0.2, 0.25) is 0 Å². The smallest absolute Gasteiger partial charge is 0.416 e. The number of hydrogen-bond acceptors (Lipinski definition) is 5. The molecule has 3 aromatic carbocycles. The summed E-state index contributed by atoms with van der Waals surface area (Å²) < 4.78 is 138. The van der Waals surface area contributed by atoms with Gasteiger partial charge in [0.1, 0.15) is 0 Å². The minimum atomic E-state index is -5.19. The lowest BCUT2D eigenvalue weighted by molar-refractivity contribution is -0.143. The van der Waals surface area contributed by atoms with Crippen LogP contribution in [0.3, 0.4) is 0 Å². The Morgan fingerprint density at radius 3 is 1.79 bits per heavy atom. The number of amides is 2. The van der Waals surface area contributed by atoms with Crippen molar-refractivity contribution in [3.05, 3.63) is 88.0 Å². The molecule has 260 valence electrons. The van der Waals surface area contributed by atoms with E-state index < -0.39 is 78.0 Å². The fraction of sp³-hybridized carbons (Fsp3) is 0.355. The van der Waals surface area contributed by atoms with Crippen molar-refractivity contribution < 1.29 is 68.4 Å². The normalized spacial score (nSPS) is 16.6. The van der Waals surface area contributed by atoms with E-state index in [4.69, 9.17) is 14.2 Å². The number of carbonyl (C=O) groups excluding carboxylic acids is 1. The number of nitrogens with zero attached hydrogens (tertiary/aromatic N) is 2. The van der Waals surface area contributed by atoms with Gasteiger partial charge in [-0.25, -0.2) is 9.59 Å². The summed E-state index contributed by atoms with van der Waals surface area (Å²) in [5.41, 5.74) is -4.97. The van der Waals surface area contributed by atoms with E-state index in [1.165, 1.54) is 33.3 Å². The Morgan fingerprint density at radius 1 is 0.812 bits per heavy atom. The first kappa shape index (κ1) is 36.0. The molecule has 0 saturated carbocycles. The summed E-state index contributed by atoms with van der Waals surface area (Å²) in [7, 11) is 2.48. The summed E-state index contributed by atoms with van der Waals surface area (Å²) in [4.78, 5) is 27.8. The number of halogens is 9. The van der Waals surface area contributed by atoms with E-state index in [0.717, 1.165) is 34.1 Å². The Hall–Kier alpha value is -4.83. The molecule has 17 heteroatoms. The van der Waals surface area contributed by atoms with Gasteiger partial charge in [0.15, 0.2) is 11.5 Å². The van der Waals surface area contributed by atoms with Gasteiger partial charge in [-0.05, 0) is 60.9 Å². The lowest BCUT2D eigenvalue weighted by atomic mass is 9.86. The summed E-state index contributed by atoms with van der Waals surface area (Å²) >= 11 is 0. The average Bonchev–Trinajstić information content (AvgIpc) is 3.00. The van der Waals surface area contributed by atoms with E-state index in [2.05, 4.69) is 0 Å². The molecule has 1 N–H and O–H groups in total. The molecule has 1 aliphatic heterocycles. The lowest BCUT2D eigenvalue weighted by Crippen LogP contribution is -2.44. The number of benzene rings is 3. The molecule has 0 spiro atoms. The predicted octanol–water partition coefficient (Wildman–Crippen LogP) is 9.09. The number of alkyl halides is 9. The van der Waals surface area contributed by atoms with Crippen LogP contribution >= 0.6 is 0 Å². The Kier molecular flexibility index (Phi) is 10.0. The molecule has 2 atom stereocenters. The first-order valence-corrected chi connectivity index (χ1v) is 14.0. The lowest BCUT2D eigenvalue weighted by Gasteiger charge is -2.43. The summed E-state index contributed by atoms with van der Waals surface area (Å²) in [5.74, 6) is 0.0338. The highest BCUT2D eigenvalue weighted by atomic mass is 19.4. The zero-order chi connectivity index (χ0) is 35.8. The van der Waals surface area contributed by atoms with Gasteiger partial charge in [-0.2, -0.15) is 39.5 Å². The second-order valence-corrected chi connectivity index (χ2v) is 10.5. The number of anilines is 1. The number of ether oxygens (including phenoxy) is 3. The van der Waals surface area contributed by atoms with Gasteiger partial charge < -0.3 is 19.3 Å². The van der Waals surface area contributed by atoms with Crippen LogP contribution in [-0.2, 0) is 29.8 Å². The zero-order valence-corrected chi connectivity index (χ0v) is 25.3. The van der Waals surface area contributed by atoms with E-state index in [9.17, 15) is 54.2 Å². The van der Waals surface area contributed by atoms with Gasteiger partial charge in [-0.15, -0.1) is 0 Å². The molecular weight excluding hydrogens is 667 g/mol. The summed E-state index contributed by atoms with van der Waals surface area (Å²) in [6, 6.07) is 4.18. The van der Waals surface area contributed by atoms with Crippen LogP contribution in [0.15, 0.2) is 54.6 Å². The van der Waals surface area contributed by atoms with Crippen LogP contribution < -0.4 is 14.4 Å². The highest BCUT2D eigenvalue weighted by molar-refractivity contribution is 5.90. The third kappa shape index (κ3) is 7.49. The zero-order valence-electron chi connectivity index (χ0n) is 25.3. The summed E-state index contributed by atoms with van der Waals surface area (Å²) in [6.07, 6.45) is -18.3. The number of rotatable bonds is 7. The molecule has 4 rings (SSSR count). The molecular formula is C31H27F9N2O6. The van der Waals surface area contributed by atoms with E-state index in [1.54, 1.807) is 0 Å². The average molecular weight is 695 g/mol. The SMILES string of the molecule is CCOC(=O)N(Cc1cc(C(F)(F)F)cc(C(F)(F)F)c1)[C@@H]1C[C@H](c2ccc(C(F)(F)F)cc2)N(C(=O)O)c2cc(OC)c(OC)cc21. The maximum atomic E-state index is 13.7. The highest BCUT2D eigenvalue weighted by Crippen LogP contribution is 2.51.